The Bertz CT molecular complexity index is 384. The Morgan fingerprint density at radius 1 is 1.46 bits per heavy atom. The summed E-state index contributed by atoms with van der Waals surface area (Å²) in [7, 11) is 1.55. The van der Waals surface area contributed by atoms with Crippen LogP contribution in [0.5, 0.6) is 5.88 Å². The fourth-order valence-corrected chi connectivity index (χ4v) is 1.000. The minimum atomic E-state index is 0.471. The van der Waals surface area contributed by atoms with Crippen molar-refractivity contribution in [3.8, 4) is 17.2 Å². The summed E-state index contributed by atoms with van der Waals surface area (Å²) < 4.78 is 9.92. The Balaban J connectivity index is 2.36. The summed E-state index contributed by atoms with van der Waals surface area (Å²) in [5.74, 6) is 1.13. The highest BCUT2D eigenvalue weighted by Gasteiger charge is 2.05. The number of aromatic nitrogens is 2. The van der Waals surface area contributed by atoms with Gasteiger partial charge in [-0.2, -0.15) is 0 Å². The highest BCUT2D eigenvalue weighted by Crippen LogP contribution is 2.21. The van der Waals surface area contributed by atoms with Crippen molar-refractivity contribution in [1.82, 2.24) is 10.1 Å². The normalized spacial score (nSPS) is 9.92. The lowest BCUT2D eigenvalue weighted by Gasteiger charge is -1.90. The van der Waals surface area contributed by atoms with Gasteiger partial charge in [0.25, 0.3) is 5.88 Å². The topological polar surface area (TPSA) is 48.2 Å². The third-order valence-corrected chi connectivity index (χ3v) is 1.64. The fourth-order valence-electron chi connectivity index (χ4n) is 1.000. The Kier molecular flexibility index (Phi) is 1.96. The number of hydrogen-bond acceptors (Lipinski definition) is 4. The van der Waals surface area contributed by atoms with E-state index in [1.807, 2.05) is 12.1 Å². The summed E-state index contributed by atoms with van der Waals surface area (Å²) in [5.41, 5.74) is 0.887. The van der Waals surface area contributed by atoms with Gasteiger partial charge in [0, 0.05) is 24.0 Å². The number of pyridine rings is 1. The molecular formula is C9H8N2O2. The van der Waals surface area contributed by atoms with Crippen LogP contribution in [0.1, 0.15) is 0 Å². The molecule has 2 heterocycles. The lowest BCUT2D eigenvalue weighted by molar-refractivity contribution is 0.343. The first-order valence-electron chi connectivity index (χ1n) is 3.81. The van der Waals surface area contributed by atoms with E-state index in [4.69, 9.17) is 9.26 Å². The van der Waals surface area contributed by atoms with E-state index in [1.54, 1.807) is 25.6 Å². The third-order valence-electron chi connectivity index (χ3n) is 1.64. The molecule has 13 heavy (non-hydrogen) atoms. The van der Waals surface area contributed by atoms with Crippen LogP contribution in [0.3, 0.4) is 0 Å². The van der Waals surface area contributed by atoms with Crippen LogP contribution in [-0.2, 0) is 0 Å². The van der Waals surface area contributed by atoms with E-state index in [1.165, 1.54) is 0 Å². The molecule has 2 aromatic rings. The zero-order chi connectivity index (χ0) is 9.10. The molecule has 0 unspecified atom stereocenters. The van der Waals surface area contributed by atoms with E-state index in [2.05, 4.69) is 10.1 Å². The molecule has 0 spiro atoms. The molecule has 0 aliphatic carbocycles. The van der Waals surface area contributed by atoms with Crippen molar-refractivity contribution in [2.24, 2.45) is 0 Å². The molecular weight excluding hydrogens is 168 g/mol. The molecule has 0 aliphatic heterocycles. The molecule has 0 aromatic carbocycles. The average molecular weight is 176 g/mol. The first-order valence-corrected chi connectivity index (χ1v) is 3.81. The van der Waals surface area contributed by atoms with Crippen LogP contribution in [0.4, 0.5) is 0 Å². The molecule has 0 saturated heterocycles. The van der Waals surface area contributed by atoms with Crippen molar-refractivity contribution >= 4 is 0 Å². The van der Waals surface area contributed by atoms with Crippen LogP contribution in [0.2, 0.25) is 0 Å². The molecule has 66 valence electrons. The Hall–Kier alpha value is -1.84. The predicted molar refractivity (Wildman–Crippen MR) is 46.3 cm³/mol. The van der Waals surface area contributed by atoms with Gasteiger partial charge >= 0.3 is 0 Å². The minimum absolute atomic E-state index is 0.471. The number of nitrogens with zero attached hydrogens (tertiary/aromatic N) is 2. The molecule has 0 atom stereocenters. The van der Waals surface area contributed by atoms with Gasteiger partial charge in [-0.05, 0) is 17.3 Å². The van der Waals surface area contributed by atoms with Crippen LogP contribution in [-0.4, -0.2) is 17.3 Å². The van der Waals surface area contributed by atoms with Gasteiger partial charge in [0.2, 0.25) is 0 Å². The third kappa shape index (κ3) is 1.51. The van der Waals surface area contributed by atoms with E-state index < -0.39 is 0 Å². The fraction of sp³-hybridized carbons (Fsp3) is 0.111. The SMILES string of the molecule is COc1cc(-c2cccnc2)on1. The number of hydrogen-bond donors (Lipinski definition) is 0. The van der Waals surface area contributed by atoms with Crippen molar-refractivity contribution in [2.75, 3.05) is 7.11 Å². The van der Waals surface area contributed by atoms with Crippen LogP contribution < -0.4 is 4.74 Å². The van der Waals surface area contributed by atoms with Crippen LogP contribution >= 0.6 is 0 Å². The van der Waals surface area contributed by atoms with E-state index in [0.717, 1.165) is 5.56 Å². The first-order chi connectivity index (χ1) is 6.40. The van der Waals surface area contributed by atoms with E-state index in [9.17, 15) is 0 Å². The van der Waals surface area contributed by atoms with Crippen molar-refractivity contribution < 1.29 is 9.26 Å². The molecule has 0 bridgehead atoms. The van der Waals surface area contributed by atoms with Crippen LogP contribution in [0.25, 0.3) is 11.3 Å². The second-order valence-electron chi connectivity index (χ2n) is 2.48. The van der Waals surface area contributed by atoms with Gasteiger partial charge < -0.3 is 9.26 Å². The monoisotopic (exact) mass is 176 g/mol. The van der Waals surface area contributed by atoms with Gasteiger partial charge in [0.15, 0.2) is 5.76 Å². The molecule has 2 rings (SSSR count). The first kappa shape index (κ1) is 7.79. The van der Waals surface area contributed by atoms with Crippen LogP contribution in [0.15, 0.2) is 35.1 Å². The predicted octanol–water partition coefficient (Wildman–Crippen LogP) is 1.75. The molecule has 4 heteroatoms. The van der Waals surface area contributed by atoms with Gasteiger partial charge in [-0.25, -0.2) is 0 Å². The van der Waals surface area contributed by atoms with E-state index in [0.29, 0.717) is 11.6 Å². The largest absolute Gasteiger partial charge is 0.479 e. The van der Waals surface area contributed by atoms with Gasteiger partial charge in [-0.1, -0.05) is 0 Å². The van der Waals surface area contributed by atoms with Gasteiger partial charge in [-0.15, -0.1) is 0 Å². The molecule has 4 nitrogen and oxygen atoms in total. The molecule has 0 fully saturated rings. The van der Waals surface area contributed by atoms with Crippen LogP contribution in [0, 0.1) is 0 Å². The Morgan fingerprint density at radius 3 is 3.00 bits per heavy atom. The Labute approximate surface area is 75.2 Å². The van der Waals surface area contributed by atoms with Crippen molar-refractivity contribution in [3.63, 3.8) is 0 Å². The zero-order valence-corrected chi connectivity index (χ0v) is 7.10. The second-order valence-corrected chi connectivity index (χ2v) is 2.48. The smallest absolute Gasteiger partial charge is 0.254 e. The summed E-state index contributed by atoms with van der Waals surface area (Å²) in [5, 5.41) is 3.69. The summed E-state index contributed by atoms with van der Waals surface area (Å²) in [6.07, 6.45) is 3.41. The average Bonchev–Trinajstić information content (AvgIpc) is 2.67. The lowest BCUT2D eigenvalue weighted by atomic mass is 10.2. The highest BCUT2D eigenvalue weighted by atomic mass is 16.5. The van der Waals surface area contributed by atoms with Gasteiger partial charge in [-0.3, -0.25) is 4.98 Å². The molecule has 0 radical (unpaired) electrons. The van der Waals surface area contributed by atoms with E-state index >= 15 is 0 Å². The molecule has 0 aliphatic rings. The van der Waals surface area contributed by atoms with Crippen molar-refractivity contribution in [1.29, 1.82) is 0 Å². The molecule has 2 aromatic heterocycles. The molecule has 0 saturated carbocycles. The van der Waals surface area contributed by atoms with Gasteiger partial charge in [0.05, 0.1) is 7.11 Å². The maximum absolute atomic E-state index is 5.03. The quantitative estimate of drug-likeness (QED) is 0.699. The van der Waals surface area contributed by atoms with Crippen molar-refractivity contribution in [2.45, 2.75) is 0 Å². The number of rotatable bonds is 2. The summed E-state index contributed by atoms with van der Waals surface area (Å²) >= 11 is 0. The molecule has 0 N–H and O–H groups in total. The second kappa shape index (κ2) is 3.26. The van der Waals surface area contributed by atoms with Crippen molar-refractivity contribution in [3.05, 3.63) is 30.6 Å². The summed E-state index contributed by atoms with van der Waals surface area (Å²) in [6, 6.07) is 5.45. The van der Waals surface area contributed by atoms with Gasteiger partial charge in [0.1, 0.15) is 0 Å². The summed E-state index contributed by atoms with van der Waals surface area (Å²) in [4.78, 5) is 3.97. The maximum Gasteiger partial charge on any atom is 0.254 e. The Morgan fingerprint density at radius 2 is 2.38 bits per heavy atom. The molecule has 0 amide bonds. The summed E-state index contributed by atoms with van der Waals surface area (Å²) in [6.45, 7) is 0. The maximum atomic E-state index is 5.03. The number of methoxy groups -OCH3 is 1. The zero-order valence-electron chi connectivity index (χ0n) is 7.10. The number of ether oxygens (including phenoxy) is 1. The highest BCUT2D eigenvalue weighted by molar-refractivity contribution is 5.56. The minimum Gasteiger partial charge on any atom is -0.479 e. The lowest BCUT2D eigenvalue weighted by Crippen LogP contribution is -1.79. The standard InChI is InChI=1S/C9H8N2O2/c1-12-9-5-8(13-11-9)7-3-2-4-10-6-7/h2-6H,1H3. The van der Waals surface area contributed by atoms with E-state index in [-0.39, 0.29) is 0 Å².